The lowest BCUT2D eigenvalue weighted by atomic mass is 10.0. The molecule has 0 saturated carbocycles. The Kier molecular flexibility index (Phi) is 8.42. The highest BCUT2D eigenvalue weighted by Gasteiger charge is 2.31. The number of rotatable bonds is 5. The first-order chi connectivity index (χ1) is 18.4. The smallest absolute Gasteiger partial charge is 0.323 e. The summed E-state index contributed by atoms with van der Waals surface area (Å²) in [6.45, 7) is 5.16. The maximum absolute atomic E-state index is 13.2. The quantitative estimate of drug-likeness (QED) is 0.563. The highest BCUT2D eigenvalue weighted by Crippen LogP contribution is 2.37. The van der Waals surface area contributed by atoms with Crippen LogP contribution in [0.15, 0.2) is 29.2 Å². The second-order valence-corrected chi connectivity index (χ2v) is 13.2. The number of nitrogens with one attached hydrogen (secondary N) is 2. The van der Waals surface area contributed by atoms with Crippen LogP contribution in [0.25, 0.3) is 0 Å². The van der Waals surface area contributed by atoms with Crippen LogP contribution in [0.4, 0.5) is 9.80 Å². The third kappa shape index (κ3) is 6.15. The fourth-order valence-corrected chi connectivity index (χ4v) is 7.59. The van der Waals surface area contributed by atoms with E-state index in [4.69, 9.17) is 0 Å². The lowest BCUT2D eigenvalue weighted by Gasteiger charge is -2.30. The van der Waals surface area contributed by atoms with Crippen molar-refractivity contribution in [2.45, 2.75) is 44.6 Å². The minimum atomic E-state index is -3.66. The maximum atomic E-state index is 13.2. The molecular formula is C26H33N5O6S2. The molecule has 1 aromatic carbocycles. The SMILES string of the molecule is CC(=O)N1CCc2c(sc(NC(=O)c3ccc(S(=O)(=O)N4CCCC(C)C4)cc3)c2C(=O)NC(=O)N(C)C)C1. The molecule has 39 heavy (non-hydrogen) atoms. The molecule has 1 unspecified atom stereocenters. The summed E-state index contributed by atoms with van der Waals surface area (Å²) in [5.74, 6) is -0.977. The van der Waals surface area contributed by atoms with Crippen LogP contribution in [0.5, 0.6) is 0 Å². The van der Waals surface area contributed by atoms with Crippen LogP contribution in [0.3, 0.4) is 0 Å². The summed E-state index contributed by atoms with van der Waals surface area (Å²) in [5, 5.41) is 5.36. The molecule has 4 rings (SSSR count). The Labute approximate surface area is 232 Å². The Bertz CT molecular complexity index is 1400. The van der Waals surface area contributed by atoms with E-state index >= 15 is 0 Å². The van der Waals surface area contributed by atoms with E-state index in [9.17, 15) is 27.6 Å². The predicted molar refractivity (Wildman–Crippen MR) is 147 cm³/mol. The van der Waals surface area contributed by atoms with Crippen LogP contribution in [0.1, 0.15) is 57.8 Å². The molecule has 0 spiro atoms. The second kappa shape index (κ2) is 11.4. The number of benzene rings is 1. The first-order valence-electron chi connectivity index (χ1n) is 12.7. The number of carbonyl (C=O) groups excluding carboxylic acids is 4. The topological polar surface area (TPSA) is 136 Å². The van der Waals surface area contributed by atoms with Crippen molar-refractivity contribution < 1.29 is 27.6 Å². The zero-order valence-corrected chi connectivity index (χ0v) is 24.1. The number of anilines is 1. The van der Waals surface area contributed by atoms with E-state index < -0.39 is 27.9 Å². The van der Waals surface area contributed by atoms with Gasteiger partial charge in [-0.2, -0.15) is 4.31 Å². The first-order valence-corrected chi connectivity index (χ1v) is 15.0. The summed E-state index contributed by atoms with van der Waals surface area (Å²) in [5.41, 5.74) is 1.10. The van der Waals surface area contributed by atoms with E-state index in [1.807, 2.05) is 6.92 Å². The van der Waals surface area contributed by atoms with Crippen LogP contribution >= 0.6 is 11.3 Å². The van der Waals surface area contributed by atoms with Crippen LogP contribution in [0.2, 0.25) is 0 Å². The largest absolute Gasteiger partial charge is 0.337 e. The monoisotopic (exact) mass is 575 g/mol. The minimum Gasteiger partial charge on any atom is -0.337 e. The number of urea groups is 1. The number of piperidine rings is 1. The van der Waals surface area contributed by atoms with E-state index in [2.05, 4.69) is 10.6 Å². The van der Waals surface area contributed by atoms with E-state index in [1.165, 1.54) is 65.8 Å². The Morgan fingerprint density at radius 1 is 1.05 bits per heavy atom. The van der Waals surface area contributed by atoms with Crippen molar-refractivity contribution in [3.8, 4) is 0 Å². The average Bonchev–Trinajstić information content (AvgIpc) is 3.25. The first kappa shape index (κ1) is 28.7. The van der Waals surface area contributed by atoms with Crippen molar-refractivity contribution in [2.75, 3.05) is 39.0 Å². The van der Waals surface area contributed by atoms with Crippen molar-refractivity contribution in [3.63, 3.8) is 0 Å². The number of hydrogen-bond acceptors (Lipinski definition) is 7. The molecule has 2 aliphatic heterocycles. The van der Waals surface area contributed by atoms with Gasteiger partial charge in [-0.15, -0.1) is 11.3 Å². The molecule has 5 amide bonds. The molecule has 2 aromatic rings. The van der Waals surface area contributed by atoms with Gasteiger partial charge in [-0.25, -0.2) is 13.2 Å². The van der Waals surface area contributed by atoms with Crippen molar-refractivity contribution in [1.29, 1.82) is 0 Å². The van der Waals surface area contributed by atoms with E-state index in [0.29, 0.717) is 38.2 Å². The van der Waals surface area contributed by atoms with Crippen molar-refractivity contribution in [2.24, 2.45) is 5.92 Å². The number of nitrogens with zero attached hydrogens (tertiary/aromatic N) is 3. The fraction of sp³-hybridized carbons (Fsp3) is 0.462. The molecule has 1 aromatic heterocycles. The normalized spacial score (nSPS) is 17.7. The molecule has 0 bridgehead atoms. The Hall–Kier alpha value is -3.29. The number of imide groups is 1. The van der Waals surface area contributed by atoms with Gasteiger partial charge in [0.2, 0.25) is 15.9 Å². The molecule has 3 heterocycles. The Morgan fingerprint density at radius 3 is 2.36 bits per heavy atom. The van der Waals surface area contributed by atoms with Crippen LogP contribution in [-0.4, -0.2) is 80.0 Å². The highest BCUT2D eigenvalue weighted by atomic mass is 32.2. The molecule has 1 saturated heterocycles. The molecule has 0 radical (unpaired) electrons. The number of sulfonamides is 1. The molecule has 2 N–H and O–H groups in total. The van der Waals surface area contributed by atoms with E-state index in [1.54, 1.807) is 4.90 Å². The van der Waals surface area contributed by atoms with Crippen molar-refractivity contribution >= 4 is 50.1 Å². The minimum absolute atomic E-state index is 0.0949. The van der Waals surface area contributed by atoms with Gasteiger partial charge < -0.3 is 15.1 Å². The van der Waals surface area contributed by atoms with Gasteiger partial charge in [0, 0.05) is 51.1 Å². The lowest BCUT2D eigenvalue weighted by Crippen LogP contribution is -2.39. The van der Waals surface area contributed by atoms with Gasteiger partial charge in [0.1, 0.15) is 5.00 Å². The molecule has 11 nitrogen and oxygen atoms in total. The molecule has 2 aliphatic rings. The molecule has 1 atom stereocenters. The third-order valence-electron chi connectivity index (χ3n) is 6.96. The van der Waals surface area contributed by atoms with Gasteiger partial charge in [-0.1, -0.05) is 6.92 Å². The number of amides is 5. The summed E-state index contributed by atoms with van der Waals surface area (Å²) in [6, 6.07) is 5.11. The van der Waals surface area contributed by atoms with Gasteiger partial charge in [-0.05, 0) is 55.0 Å². The predicted octanol–water partition coefficient (Wildman–Crippen LogP) is 2.74. The van der Waals surface area contributed by atoms with Gasteiger partial charge in [0.05, 0.1) is 17.0 Å². The summed E-state index contributed by atoms with van der Waals surface area (Å²) in [7, 11) is -0.647. The molecule has 210 valence electrons. The average molecular weight is 576 g/mol. The molecular weight excluding hydrogens is 542 g/mol. The fourth-order valence-electron chi connectivity index (χ4n) is 4.74. The Morgan fingerprint density at radius 2 is 1.74 bits per heavy atom. The molecule has 0 aliphatic carbocycles. The van der Waals surface area contributed by atoms with E-state index in [-0.39, 0.29) is 32.8 Å². The number of thiophene rings is 1. The van der Waals surface area contributed by atoms with Crippen LogP contribution in [0, 0.1) is 5.92 Å². The van der Waals surface area contributed by atoms with Crippen LogP contribution in [-0.2, 0) is 27.8 Å². The number of fused-ring (bicyclic) bond motifs is 1. The van der Waals surface area contributed by atoms with Crippen molar-refractivity contribution in [3.05, 3.63) is 45.8 Å². The second-order valence-electron chi connectivity index (χ2n) is 10.1. The Balaban J connectivity index is 1.58. The van der Waals surface area contributed by atoms with E-state index in [0.717, 1.165) is 17.7 Å². The molecule has 13 heteroatoms. The molecule has 1 fully saturated rings. The number of hydrogen-bond donors (Lipinski definition) is 2. The van der Waals surface area contributed by atoms with Gasteiger partial charge in [-0.3, -0.25) is 19.7 Å². The van der Waals surface area contributed by atoms with Gasteiger partial charge in [0.25, 0.3) is 11.8 Å². The highest BCUT2D eigenvalue weighted by molar-refractivity contribution is 7.89. The number of carbonyl (C=O) groups is 4. The van der Waals surface area contributed by atoms with Gasteiger partial charge >= 0.3 is 6.03 Å². The standard InChI is InChI=1S/C26H33N5O6S2/c1-16-6-5-12-31(14-16)39(36,37)19-9-7-18(8-10-19)23(33)27-25-22(24(34)28-26(35)29(3)4)20-11-13-30(17(2)32)15-21(20)38-25/h7-10,16H,5-6,11-15H2,1-4H3,(H,27,33)(H,28,34,35). The third-order valence-corrected chi connectivity index (χ3v) is 9.97. The summed E-state index contributed by atoms with van der Waals surface area (Å²) < 4.78 is 27.6. The maximum Gasteiger partial charge on any atom is 0.323 e. The summed E-state index contributed by atoms with van der Waals surface area (Å²) >= 11 is 1.18. The summed E-state index contributed by atoms with van der Waals surface area (Å²) in [6.07, 6.45) is 2.21. The zero-order valence-electron chi connectivity index (χ0n) is 22.4. The van der Waals surface area contributed by atoms with Crippen LogP contribution < -0.4 is 10.6 Å². The lowest BCUT2D eigenvalue weighted by molar-refractivity contribution is -0.129. The van der Waals surface area contributed by atoms with Gasteiger partial charge in [0.15, 0.2) is 0 Å². The zero-order chi connectivity index (χ0) is 28.5. The van der Waals surface area contributed by atoms with Crippen molar-refractivity contribution in [1.82, 2.24) is 19.4 Å². The summed E-state index contributed by atoms with van der Waals surface area (Å²) in [4.78, 5) is 54.1.